The van der Waals surface area contributed by atoms with Crippen LogP contribution in [0.2, 0.25) is 5.02 Å². The summed E-state index contributed by atoms with van der Waals surface area (Å²) in [5.74, 6) is -1.27. The minimum Gasteiger partial charge on any atom is -0.324 e. The number of fused-ring (bicyclic) bond motifs is 1. The summed E-state index contributed by atoms with van der Waals surface area (Å²) >= 11 is 5.96. The fourth-order valence-corrected chi connectivity index (χ4v) is 3.85. The third-order valence-electron chi connectivity index (χ3n) is 4.96. The van der Waals surface area contributed by atoms with Crippen LogP contribution in [0, 0.1) is 5.82 Å². The Morgan fingerprint density at radius 1 is 1.23 bits per heavy atom. The Labute approximate surface area is 173 Å². The molecule has 1 aromatic carbocycles. The quantitative estimate of drug-likeness (QED) is 0.570. The van der Waals surface area contributed by atoms with E-state index in [1.54, 1.807) is 11.7 Å². The molecular formula is C19H14ClF4N5O. The van der Waals surface area contributed by atoms with E-state index in [1.807, 2.05) is 0 Å². The largest absolute Gasteiger partial charge is 0.417 e. The minimum absolute atomic E-state index is 0.170. The van der Waals surface area contributed by atoms with Gasteiger partial charge in [-0.2, -0.15) is 13.2 Å². The van der Waals surface area contributed by atoms with Crippen LogP contribution in [-0.4, -0.2) is 37.3 Å². The number of hydrogen-bond acceptors (Lipinski definition) is 4. The van der Waals surface area contributed by atoms with Crippen molar-refractivity contribution in [3.05, 3.63) is 75.6 Å². The standard InChI is InChI=1S/C19H14ClF4N5O/c1-28-14-7-8-29(17(16(14)26-27-28)13-6-5-10(21)9-25-13)18(30)11-3-2-4-12(15(11)20)19(22,23)24/h2-6,9,17H,7-8H2,1H3. The SMILES string of the molecule is Cn1nnc2c1CCN(C(=O)c1cccc(C(F)(F)F)c1Cl)C2c1ccc(F)cn1. The van der Waals surface area contributed by atoms with Gasteiger partial charge in [-0.05, 0) is 24.3 Å². The van der Waals surface area contributed by atoms with E-state index in [9.17, 15) is 22.4 Å². The summed E-state index contributed by atoms with van der Waals surface area (Å²) in [6.45, 7) is 0.170. The van der Waals surface area contributed by atoms with Crippen LogP contribution in [0.4, 0.5) is 17.6 Å². The van der Waals surface area contributed by atoms with Crippen LogP contribution >= 0.6 is 11.6 Å². The van der Waals surface area contributed by atoms with Crippen LogP contribution < -0.4 is 0 Å². The first-order chi connectivity index (χ1) is 14.2. The molecule has 30 heavy (non-hydrogen) atoms. The molecule has 0 fully saturated rings. The van der Waals surface area contributed by atoms with E-state index in [2.05, 4.69) is 15.3 Å². The lowest BCUT2D eigenvalue weighted by molar-refractivity contribution is -0.137. The van der Waals surface area contributed by atoms with Gasteiger partial charge in [-0.3, -0.25) is 14.5 Å². The van der Waals surface area contributed by atoms with Crippen LogP contribution in [0.25, 0.3) is 0 Å². The maximum atomic E-state index is 13.4. The Morgan fingerprint density at radius 3 is 2.67 bits per heavy atom. The molecule has 1 unspecified atom stereocenters. The van der Waals surface area contributed by atoms with E-state index < -0.39 is 34.5 Å². The Balaban J connectivity index is 1.81. The zero-order chi connectivity index (χ0) is 21.6. The van der Waals surface area contributed by atoms with Gasteiger partial charge in [0.2, 0.25) is 0 Å². The summed E-state index contributed by atoms with van der Waals surface area (Å²) < 4.78 is 54.7. The van der Waals surface area contributed by atoms with Crippen molar-refractivity contribution in [2.75, 3.05) is 6.54 Å². The van der Waals surface area contributed by atoms with Gasteiger partial charge in [-0.1, -0.05) is 22.9 Å². The number of amides is 1. The molecule has 0 N–H and O–H groups in total. The molecule has 11 heteroatoms. The molecule has 3 heterocycles. The summed E-state index contributed by atoms with van der Waals surface area (Å²) in [6.07, 6.45) is -3.32. The molecular weight excluding hydrogens is 426 g/mol. The molecule has 1 aliphatic heterocycles. The van der Waals surface area contributed by atoms with E-state index in [0.29, 0.717) is 17.8 Å². The second-order valence-electron chi connectivity index (χ2n) is 6.76. The van der Waals surface area contributed by atoms with Crippen molar-refractivity contribution in [2.45, 2.75) is 18.6 Å². The summed E-state index contributed by atoms with van der Waals surface area (Å²) in [5, 5.41) is 7.41. The van der Waals surface area contributed by atoms with Gasteiger partial charge in [0.1, 0.15) is 17.6 Å². The van der Waals surface area contributed by atoms with Gasteiger partial charge < -0.3 is 4.90 Å². The molecule has 3 aromatic rings. The Hall–Kier alpha value is -3.01. The lowest BCUT2D eigenvalue weighted by Crippen LogP contribution is -2.41. The number of pyridine rings is 1. The maximum Gasteiger partial charge on any atom is 0.417 e. The molecule has 156 valence electrons. The first-order valence-corrected chi connectivity index (χ1v) is 9.23. The molecule has 4 rings (SSSR count). The summed E-state index contributed by atoms with van der Waals surface area (Å²) in [4.78, 5) is 18.7. The number of alkyl halides is 3. The monoisotopic (exact) mass is 439 g/mol. The van der Waals surface area contributed by atoms with E-state index in [1.165, 1.54) is 23.1 Å². The number of hydrogen-bond donors (Lipinski definition) is 0. The van der Waals surface area contributed by atoms with E-state index in [4.69, 9.17) is 11.6 Å². The number of aromatic nitrogens is 4. The van der Waals surface area contributed by atoms with Crippen molar-refractivity contribution in [3.63, 3.8) is 0 Å². The number of benzene rings is 1. The van der Waals surface area contributed by atoms with Gasteiger partial charge in [0.25, 0.3) is 5.91 Å². The highest BCUT2D eigenvalue weighted by atomic mass is 35.5. The molecule has 0 radical (unpaired) electrons. The van der Waals surface area contributed by atoms with Crippen LogP contribution in [0.5, 0.6) is 0 Å². The second kappa shape index (κ2) is 7.35. The van der Waals surface area contributed by atoms with Gasteiger partial charge in [-0.15, -0.1) is 5.10 Å². The van der Waals surface area contributed by atoms with Crippen molar-refractivity contribution in [2.24, 2.45) is 7.05 Å². The molecule has 1 atom stereocenters. The van der Waals surface area contributed by atoms with E-state index in [-0.39, 0.29) is 12.1 Å². The normalized spacial score (nSPS) is 16.5. The Kier molecular flexibility index (Phi) is 4.97. The molecule has 2 aromatic heterocycles. The van der Waals surface area contributed by atoms with Gasteiger partial charge >= 0.3 is 6.18 Å². The van der Waals surface area contributed by atoms with Crippen molar-refractivity contribution >= 4 is 17.5 Å². The Bertz CT molecular complexity index is 1110. The zero-order valence-corrected chi connectivity index (χ0v) is 16.2. The first kappa shape index (κ1) is 20.3. The third kappa shape index (κ3) is 3.41. The molecule has 0 saturated carbocycles. The molecule has 6 nitrogen and oxygen atoms in total. The molecule has 0 saturated heterocycles. The van der Waals surface area contributed by atoms with Gasteiger partial charge in [-0.25, -0.2) is 4.39 Å². The first-order valence-electron chi connectivity index (χ1n) is 8.85. The second-order valence-corrected chi connectivity index (χ2v) is 7.14. The van der Waals surface area contributed by atoms with Crippen LogP contribution in [0.1, 0.15) is 39.0 Å². The molecule has 1 amide bonds. The van der Waals surface area contributed by atoms with Crippen LogP contribution in [0.3, 0.4) is 0 Å². The highest BCUT2D eigenvalue weighted by Gasteiger charge is 2.39. The number of carbonyl (C=O) groups excluding carboxylic acids is 1. The fourth-order valence-electron chi connectivity index (χ4n) is 3.54. The third-order valence-corrected chi connectivity index (χ3v) is 5.37. The topological polar surface area (TPSA) is 63.9 Å². The van der Waals surface area contributed by atoms with Gasteiger partial charge in [0, 0.05) is 20.0 Å². The van der Waals surface area contributed by atoms with Crippen LogP contribution in [0.15, 0.2) is 36.5 Å². The Morgan fingerprint density at radius 2 is 2.00 bits per heavy atom. The minimum atomic E-state index is -4.70. The van der Waals surface area contributed by atoms with Crippen molar-refractivity contribution < 1.29 is 22.4 Å². The lowest BCUT2D eigenvalue weighted by atomic mass is 9.97. The van der Waals surface area contributed by atoms with Gasteiger partial charge in [0.05, 0.1) is 33.7 Å². The number of halogens is 5. The highest BCUT2D eigenvalue weighted by molar-refractivity contribution is 6.34. The van der Waals surface area contributed by atoms with Gasteiger partial charge in [0.15, 0.2) is 0 Å². The predicted molar refractivity (Wildman–Crippen MR) is 98.2 cm³/mol. The number of aryl methyl sites for hydroxylation is 1. The van der Waals surface area contributed by atoms with Crippen molar-refractivity contribution in [1.29, 1.82) is 0 Å². The molecule has 0 spiro atoms. The van der Waals surface area contributed by atoms with E-state index >= 15 is 0 Å². The van der Waals surface area contributed by atoms with E-state index in [0.717, 1.165) is 24.0 Å². The number of carbonyl (C=O) groups is 1. The molecule has 1 aliphatic rings. The molecule has 0 aliphatic carbocycles. The van der Waals surface area contributed by atoms with Crippen molar-refractivity contribution in [3.8, 4) is 0 Å². The fraction of sp³-hybridized carbons (Fsp3) is 0.263. The summed E-state index contributed by atoms with van der Waals surface area (Å²) in [5.41, 5.74) is 0.119. The smallest absolute Gasteiger partial charge is 0.324 e. The summed E-state index contributed by atoms with van der Waals surface area (Å²) in [7, 11) is 1.70. The average Bonchev–Trinajstić information content (AvgIpc) is 3.08. The maximum absolute atomic E-state index is 13.4. The molecule has 0 bridgehead atoms. The number of nitrogens with zero attached hydrogens (tertiary/aromatic N) is 5. The number of rotatable bonds is 2. The predicted octanol–water partition coefficient (Wildman–Crippen LogP) is 3.81. The lowest BCUT2D eigenvalue weighted by Gasteiger charge is -2.34. The van der Waals surface area contributed by atoms with Crippen LogP contribution in [-0.2, 0) is 19.6 Å². The summed E-state index contributed by atoms with van der Waals surface area (Å²) in [6, 6.07) is 4.92. The van der Waals surface area contributed by atoms with Crippen molar-refractivity contribution in [1.82, 2.24) is 24.9 Å². The zero-order valence-electron chi connectivity index (χ0n) is 15.5. The highest BCUT2D eigenvalue weighted by Crippen LogP contribution is 2.39. The average molecular weight is 440 g/mol.